The van der Waals surface area contributed by atoms with Gasteiger partial charge in [0.15, 0.2) is 0 Å². The fourth-order valence-corrected chi connectivity index (χ4v) is 2.88. The molecule has 0 radical (unpaired) electrons. The summed E-state index contributed by atoms with van der Waals surface area (Å²) in [4.78, 5) is 16.8. The van der Waals surface area contributed by atoms with Crippen molar-refractivity contribution in [1.82, 2.24) is 19.6 Å². The second-order valence-electron chi connectivity index (χ2n) is 7.05. The van der Waals surface area contributed by atoms with Crippen LogP contribution in [0.5, 0.6) is 0 Å². The molecule has 0 saturated carbocycles. The second-order valence-corrected chi connectivity index (χ2v) is 7.05. The molecule has 146 valence electrons. The smallest absolute Gasteiger partial charge is 0.227 e. The summed E-state index contributed by atoms with van der Waals surface area (Å²) < 4.78 is 14.9. The SMILES string of the molecule is CN(C)CCN(Cc1ccc(F)cc1)C(=O)Cc1cnn(-c2ccccc2)c1. The predicted octanol–water partition coefficient (Wildman–Crippen LogP) is 3.14. The molecule has 0 fully saturated rings. The Morgan fingerprint density at radius 3 is 2.39 bits per heavy atom. The van der Waals surface area contributed by atoms with Gasteiger partial charge >= 0.3 is 0 Å². The number of hydrogen-bond acceptors (Lipinski definition) is 3. The third-order valence-electron chi connectivity index (χ3n) is 4.47. The summed E-state index contributed by atoms with van der Waals surface area (Å²) in [5.41, 5.74) is 2.73. The lowest BCUT2D eigenvalue weighted by atomic mass is 10.1. The van der Waals surface area contributed by atoms with Crippen LogP contribution in [0.2, 0.25) is 0 Å². The Kier molecular flexibility index (Phi) is 6.55. The maximum Gasteiger partial charge on any atom is 0.227 e. The first-order valence-electron chi connectivity index (χ1n) is 9.27. The van der Waals surface area contributed by atoms with Crippen molar-refractivity contribution in [1.29, 1.82) is 0 Å². The standard InChI is InChI=1S/C22H25FN4O/c1-25(2)12-13-26(16-18-8-10-20(23)11-9-18)22(28)14-19-15-24-27(17-19)21-6-4-3-5-7-21/h3-11,15,17H,12-14,16H2,1-2H3. The Morgan fingerprint density at radius 2 is 1.71 bits per heavy atom. The summed E-state index contributed by atoms with van der Waals surface area (Å²) in [6.07, 6.45) is 3.89. The number of halogens is 1. The zero-order valence-corrected chi connectivity index (χ0v) is 16.3. The van der Waals surface area contributed by atoms with Crippen molar-refractivity contribution in [3.05, 3.63) is 83.9 Å². The highest BCUT2D eigenvalue weighted by atomic mass is 19.1. The van der Waals surface area contributed by atoms with Crippen molar-refractivity contribution in [3.8, 4) is 5.69 Å². The molecule has 0 aliphatic carbocycles. The van der Waals surface area contributed by atoms with E-state index in [-0.39, 0.29) is 18.1 Å². The van der Waals surface area contributed by atoms with Gasteiger partial charge in [-0.25, -0.2) is 9.07 Å². The van der Waals surface area contributed by atoms with Crippen LogP contribution in [0, 0.1) is 5.82 Å². The number of likely N-dealkylation sites (N-methyl/N-ethyl adjacent to an activating group) is 1. The molecule has 1 aromatic heterocycles. The molecule has 0 bridgehead atoms. The minimum atomic E-state index is -0.275. The molecular weight excluding hydrogens is 355 g/mol. The van der Waals surface area contributed by atoms with Crippen molar-refractivity contribution in [2.24, 2.45) is 0 Å². The first kappa shape index (κ1) is 19.8. The monoisotopic (exact) mass is 380 g/mol. The lowest BCUT2D eigenvalue weighted by Crippen LogP contribution is -2.37. The van der Waals surface area contributed by atoms with Crippen molar-refractivity contribution in [3.63, 3.8) is 0 Å². The third-order valence-corrected chi connectivity index (χ3v) is 4.47. The number of carbonyl (C=O) groups is 1. The zero-order chi connectivity index (χ0) is 19.9. The van der Waals surface area contributed by atoms with Gasteiger partial charge in [0.1, 0.15) is 5.82 Å². The summed E-state index contributed by atoms with van der Waals surface area (Å²) in [6.45, 7) is 1.83. The molecule has 0 unspecified atom stereocenters. The van der Waals surface area contributed by atoms with E-state index in [2.05, 4.69) is 5.10 Å². The van der Waals surface area contributed by atoms with E-state index in [0.29, 0.717) is 13.1 Å². The van der Waals surface area contributed by atoms with Gasteiger partial charge in [-0.05, 0) is 49.5 Å². The molecule has 0 aliphatic heterocycles. The Hall–Kier alpha value is -2.99. The van der Waals surface area contributed by atoms with Crippen LogP contribution in [0.1, 0.15) is 11.1 Å². The molecule has 28 heavy (non-hydrogen) atoms. The molecule has 0 saturated heterocycles. The Balaban J connectivity index is 1.69. The first-order chi connectivity index (χ1) is 13.5. The van der Waals surface area contributed by atoms with Gasteiger partial charge in [-0.15, -0.1) is 0 Å². The molecule has 0 spiro atoms. The van der Waals surface area contributed by atoms with Crippen molar-refractivity contribution in [2.75, 3.05) is 27.2 Å². The largest absolute Gasteiger partial charge is 0.337 e. The maximum atomic E-state index is 13.2. The molecule has 2 aromatic carbocycles. The average Bonchev–Trinajstić information content (AvgIpc) is 3.15. The van der Waals surface area contributed by atoms with Gasteiger partial charge < -0.3 is 9.80 Å². The average molecular weight is 380 g/mol. The summed E-state index contributed by atoms with van der Waals surface area (Å²) in [5.74, 6) is -0.248. The number of nitrogens with zero attached hydrogens (tertiary/aromatic N) is 4. The zero-order valence-electron chi connectivity index (χ0n) is 16.3. The molecule has 0 atom stereocenters. The third kappa shape index (κ3) is 5.50. The van der Waals surface area contributed by atoms with E-state index in [9.17, 15) is 9.18 Å². The van der Waals surface area contributed by atoms with Gasteiger partial charge in [0.25, 0.3) is 0 Å². The van der Waals surface area contributed by atoms with E-state index in [1.165, 1.54) is 12.1 Å². The Bertz CT molecular complexity index is 890. The molecule has 0 N–H and O–H groups in total. The fourth-order valence-electron chi connectivity index (χ4n) is 2.88. The van der Waals surface area contributed by atoms with Crippen LogP contribution in [-0.2, 0) is 17.8 Å². The van der Waals surface area contributed by atoms with Crippen molar-refractivity contribution >= 4 is 5.91 Å². The van der Waals surface area contributed by atoms with E-state index >= 15 is 0 Å². The van der Waals surface area contributed by atoms with Gasteiger partial charge in [-0.2, -0.15) is 5.10 Å². The van der Waals surface area contributed by atoms with E-state index < -0.39 is 0 Å². The van der Waals surface area contributed by atoms with Crippen LogP contribution in [0.3, 0.4) is 0 Å². The number of carbonyl (C=O) groups excluding carboxylic acids is 1. The molecular formula is C22H25FN4O. The van der Waals surface area contributed by atoms with E-state index in [1.54, 1.807) is 23.0 Å². The summed E-state index contributed by atoms with van der Waals surface area (Å²) >= 11 is 0. The van der Waals surface area contributed by atoms with Crippen LogP contribution in [0.15, 0.2) is 67.0 Å². The van der Waals surface area contributed by atoms with Crippen molar-refractivity contribution in [2.45, 2.75) is 13.0 Å². The topological polar surface area (TPSA) is 41.4 Å². The minimum absolute atomic E-state index is 0.0267. The van der Waals surface area contributed by atoms with Gasteiger partial charge in [-0.3, -0.25) is 4.79 Å². The number of rotatable bonds is 8. The van der Waals surface area contributed by atoms with Crippen LogP contribution < -0.4 is 0 Å². The fraction of sp³-hybridized carbons (Fsp3) is 0.273. The molecule has 3 rings (SSSR count). The lowest BCUT2D eigenvalue weighted by Gasteiger charge is -2.24. The van der Waals surface area contributed by atoms with E-state index in [0.717, 1.165) is 23.4 Å². The minimum Gasteiger partial charge on any atom is -0.337 e. The number of amides is 1. The van der Waals surface area contributed by atoms with Gasteiger partial charge in [0.05, 0.1) is 18.3 Å². The normalized spacial score (nSPS) is 11.0. The van der Waals surface area contributed by atoms with Crippen LogP contribution >= 0.6 is 0 Å². The van der Waals surface area contributed by atoms with E-state index in [4.69, 9.17) is 0 Å². The second kappa shape index (κ2) is 9.28. The molecule has 1 heterocycles. The molecule has 1 amide bonds. The Labute approximate surface area is 165 Å². The quantitative estimate of drug-likeness (QED) is 0.603. The molecule has 6 heteroatoms. The Morgan fingerprint density at radius 1 is 1.00 bits per heavy atom. The number of benzene rings is 2. The summed E-state index contributed by atoms with van der Waals surface area (Å²) in [5, 5.41) is 4.36. The number of para-hydroxylation sites is 1. The maximum absolute atomic E-state index is 13.2. The summed E-state index contributed by atoms with van der Waals surface area (Å²) in [7, 11) is 3.95. The van der Waals surface area contributed by atoms with Crippen LogP contribution in [-0.4, -0.2) is 52.7 Å². The highest BCUT2D eigenvalue weighted by molar-refractivity contribution is 5.78. The first-order valence-corrected chi connectivity index (χ1v) is 9.27. The van der Waals surface area contributed by atoms with Crippen LogP contribution in [0.25, 0.3) is 5.69 Å². The van der Waals surface area contributed by atoms with Crippen molar-refractivity contribution < 1.29 is 9.18 Å². The molecule has 3 aromatic rings. The number of hydrogen-bond donors (Lipinski definition) is 0. The lowest BCUT2D eigenvalue weighted by molar-refractivity contribution is -0.131. The van der Waals surface area contributed by atoms with Gasteiger partial charge in [-0.1, -0.05) is 30.3 Å². The summed E-state index contributed by atoms with van der Waals surface area (Å²) in [6, 6.07) is 16.1. The van der Waals surface area contributed by atoms with Gasteiger partial charge in [0.2, 0.25) is 5.91 Å². The number of aromatic nitrogens is 2. The highest BCUT2D eigenvalue weighted by Crippen LogP contribution is 2.12. The van der Waals surface area contributed by atoms with E-state index in [1.807, 2.05) is 60.4 Å². The van der Waals surface area contributed by atoms with Crippen LogP contribution in [0.4, 0.5) is 4.39 Å². The highest BCUT2D eigenvalue weighted by Gasteiger charge is 2.16. The van der Waals surface area contributed by atoms with Gasteiger partial charge in [0, 0.05) is 25.8 Å². The molecule has 5 nitrogen and oxygen atoms in total. The predicted molar refractivity (Wildman–Crippen MR) is 108 cm³/mol. The molecule has 0 aliphatic rings.